The predicted molar refractivity (Wildman–Crippen MR) is 89.8 cm³/mol. The number of aromatic hydroxyl groups is 1. The Hall–Kier alpha value is -2.92. The van der Waals surface area contributed by atoms with E-state index >= 15 is 0 Å². The van der Waals surface area contributed by atoms with Gasteiger partial charge in [0.15, 0.2) is 5.78 Å². The van der Waals surface area contributed by atoms with E-state index in [0.29, 0.717) is 35.6 Å². The first kappa shape index (κ1) is 13.7. The molecule has 0 spiro atoms. The number of hydrogen-bond donors (Lipinski definition) is 3. The van der Waals surface area contributed by atoms with E-state index in [9.17, 15) is 9.90 Å². The number of benzene rings is 2. The minimum Gasteiger partial charge on any atom is -0.508 e. The molecule has 0 saturated carbocycles. The summed E-state index contributed by atoms with van der Waals surface area (Å²) in [5.41, 5.74) is 9.25. The number of fused-ring (bicyclic) bond motifs is 5. The quantitative estimate of drug-likeness (QED) is 0.541. The number of phenolic OH excluding ortho intramolecular Hbond substituents is 1. The number of anilines is 1. The van der Waals surface area contributed by atoms with Crippen molar-refractivity contribution in [3.8, 4) is 16.9 Å². The van der Waals surface area contributed by atoms with Crippen molar-refractivity contribution < 1.29 is 9.90 Å². The summed E-state index contributed by atoms with van der Waals surface area (Å²) in [6, 6.07) is 12.6. The zero-order valence-electron chi connectivity index (χ0n) is 12.3. The fraction of sp³-hybridized carbons (Fsp3) is 0.111. The van der Waals surface area contributed by atoms with E-state index in [1.54, 1.807) is 18.2 Å². The molecule has 0 fully saturated rings. The Bertz CT molecular complexity index is 950. The number of rotatable bonds is 3. The molecule has 0 amide bonds. The lowest BCUT2D eigenvalue weighted by molar-refractivity contribution is 0.104. The Morgan fingerprint density at radius 3 is 2.65 bits per heavy atom. The van der Waals surface area contributed by atoms with Crippen LogP contribution in [0.2, 0.25) is 0 Å². The van der Waals surface area contributed by atoms with E-state index in [2.05, 4.69) is 10.3 Å². The Morgan fingerprint density at radius 2 is 1.87 bits per heavy atom. The normalized spacial score (nSPS) is 12.3. The molecule has 1 aromatic heterocycles. The Kier molecular flexibility index (Phi) is 3.02. The highest BCUT2D eigenvalue weighted by Crippen LogP contribution is 2.44. The van der Waals surface area contributed by atoms with Gasteiger partial charge in [0.05, 0.1) is 11.1 Å². The maximum Gasteiger partial charge on any atom is 0.198 e. The number of carbonyl (C=O) groups excluding carboxylic acids is 1. The van der Waals surface area contributed by atoms with Crippen LogP contribution in [0.5, 0.6) is 5.75 Å². The first-order chi connectivity index (χ1) is 11.2. The van der Waals surface area contributed by atoms with Crippen molar-refractivity contribution in [2.24, 2.45) is 5.73 Å². The number of ketones is 1. The second-order valence-corrected chi connectivity index (χ2v) is 5.50. The maximum absolute atomic E-state index is 12.8. The van der Waals surface area contributed by atoms with Gasteiger partial charge in [-0.15, -0.1) is 0 Å². The van der Waals surface area contributed by atoms with E-state index < -0.39 is 0 Å². The number of nitrogens with zero attached hydrogens (tertiary/aromatic N) is 1. The molecule has 3 aromatic rings. The van der Waals surface area contributed by atoms with Crippen LogP contribution in [-0.4, -0.2) is 29.0 Å². The van der Waals surface area contributed by atoms with Crippen LogP contribution in [0.4, 0.5) is 5.82 Å². The monoisotopic (exact) mass is 305 g/mol. The van der Waals surface area contributed by atoms with E-state index in [1.807, 2.05) is 24.3 Å². The van der Waals surface area contributed by atoms with Crippen LogP contribution < -0.4 is 11.1 Å². The lowest BCUT2D eigenvalue weighted by Crippen LogP contribution is -2.16. The fourth-order valence-electron chi connectivity index (χ4n) is 3.11. The van der Waals surface area contributed by atoms with E-state index in [0.717, 1.165) is 16.5 Å². The van der Waals surface area contributed by atoms with Crippen molar-refractivity contribution >= 4 is 22.5 Å². The maximum atomic E-state index is 12.8. The van der Waals surface area contributed by atoms with Crippen molar-refractivity contribution in [1.29, 1.82) is 0 Å². The van der Waals surface area contributed by atoms with Crippen molar-refractivity contribution in [2.75, 3.05) is 18.4 Å². The molecule has 1 aliphatic carbocycles. The summed E-state index contributed by atoms with van der Waals surface area (Å²) in [4.78, 5) is 17.4. The Labute approximate surface area is 132 Å². The molecule has 0 radical (unpaired) electrons. The third-order valence-corrected chi connectivity index (χ3v) is 4.07. The van der Waals surface area contributed by atoms with Gasteiger partial charge in [-0.25, -0.2) is 4.98 Å². The van der Waals surface area contributed by atoms with E-state index in [-0.39, 0.29) is 11.5 Å². The summed E-state index contributed by atoms with van der Waals surface area (Å²) < 4.78 is 0. The Balaban J connectivity index is 2.09. The van der Waals surface area contributed by atoms with Gasteiger partial charge < -0.3 is 16.2 Å². The summed E-state index contributed by atoms with van der Waals surface area (Å²) in [5, 5.41) is 13.7. The number of nitrogens with two attached hydrogens (primary N) is 1. The first-order valence-corrected chi connectivity index (χ1v) is 7.45. The third-order valence-electron chi connectivity index (χ3n) is 4.07. The summed E-state index contributed by atoms with van der Waals surface area (Å²) in [6.45, 7) is 0.961. The number of aromatic nitrogens is 1. The average Bonchev–Trinajstić information content (AvgIpc) is 2.86. The van der Waals surface area contributed by atoms with Crippen LogP contribution in [0.1, 0.15) is 15.9 Å². The standard InChI is InChI=1S/C18H15N3O2/c19-7-8-20-18-16-15(11-3-1-2-4-12(11)17(16)23)13-6-5-10(22)9-14(13)21-18/h1-6,9,22H,7-8,19H2,(H,20,21). The van der Waals surface area contributed by atoms with Crippen molar-refractivity contribution in [3.63, 3.8) is 0 Å². The molecule has 0 atom stereocenters. The van der Waals surface area contributed by atoms with Gasteiger partial charge in [-0.3, -0.25) is 4.79 Å². The zero-order chi connectivity index (χ0) is 16.0. The van der Waals surface area contributed by atoms with Gasteiger partial charge >= 0.3 is 0 Å². The second kappa shape index (κ2) is 5.07. The molecule has 4 rings (SSSR count). The number of phenols is 1. The number of carbonyl (C=O) groups is 1. The Morgan fingerprint density at radius 1 is 1.09 bits per heavy atom. The summed E-state index contributed by atoms with van der Waals surface area (Å²) >= 11 is 0. The molecule has 0 saturated heterocycles. The van der Waals surface area contributed by atoms with Crippen LogP contribution in [-0.2, 0) is 0 Å². The summed E-state index contributed by atoms with van der Waals surface area (Å²) in [7, 11) is 0. The van der Waals surface area contributed by atoms with Gasteiger partial charge in [0, 0.05) is 35.7 Å². The highest BCUT2D eigenvalue weighted by Gasteiger charge is 2.31. The highest BCUT2D eigenvalue weighted by molar-refractivity contribution is 6.28. The van der Waals surface area contributed by atoms with E-state index in [1.165, 1.54) is 0 Å². The van der Waals surface area contributed by atoms with Gasteiger partial charge in [-0.1, -0.05) is 24.3 Å². The van der Waals surface area contributed by atoms with Crippen LogP contribution >= 0.6 is 0 Å². The van der Waals surface area contributed by atoms with Crippen molar-refractivity contribution in [1.82, 2.24) is 4.98 Å². The number of nitrogens with one attached hydrogen (secondary N) is 1. The smallest absolute Gasteiger partial charge is 0.198 e. The first-order valence-electron chi connectivity index (χ1n) is 7.45. The van der Waals surface area contributed by atoms with Gasteiger partial charge in [-0.05, 0) is 17.7 Å². The lowest BCUT2D eigenvalue weighted by atomic mass is 10.0. The zero-order valence-corrected chi connectivity index (χ0v) is 12.3. The molecule has 5 nitrogen and oxygen atoms in total. The van der Waals surface area contributed by atoms with Gasteiger partial charge in [0.1, 0.15) is 11.6 Å². The average molecular weight is 305 g/mol. The molecule has 0 bridgehead atoms. The highest BCUT2D eigenvalue weighted by atomic mass is 16.3. The minimum absolute atomic E-state index is 0.0300. The molecule has 0 aliphatic heterocycles. The summed E-state index contributed by atoms with van der Waals surface area (Å²) in [6.07, 6.45) is 0. The SMILES string of the molecule is NCCNc1nc2cc(O)ccc2c2c1C(=O)c1ccccc1-2. The molecule has 114 valence electrons. The minimum atomic E-state index is -0.0300. The van der Waals surface area contributed by atoms with E-state index in [4.69, 9.17) is 5.73 Å². The van der Waals surface area contributed by atoms with Gasteiger partial charge in [-0.2, -0.15) is 0 Å². The molecule has 0 unspecified atom stereocenters. The molecule has 1 heterocycles. The van der Waals surface area contributed by atoms with Crippen LogP contribution in [0.3, 0.4) is 0 Å². The third kappa shape index (κ3) is 1.98. The van der Waals surface area contributed by atoms with Crippen LogP contribution in [0.25, 0.3) is 22.0 Å². The number of pyridine rings is 1. The van der Waals surface area contributed by atoms with Gasteiger partial charge in [0.2, 0.25) is 0 Å². The lowest BCUT2D eigenvalue weighted by Gasteiger charge is -2.12. The number of hydrogen-bond acceptors (Lipinski definition) is 5. The molecular formula is C18H15N3O2. The molecule has 23 heavy (non-hydrogen) atoms. The van der Waals surface area contributed by atoms with Crippen LogP contribution in [0.15, 0.2) is 42.5 Å². The fourth-order valence-corrected chi connectivity index (χ4v) is 3.11. The molecule has 2 aromatic carbocycles. The summed E-state index contributed by atoms with van der Waals surface area (Å²) in [5.74, 6) is 0.634. The second-order valence-electron chi connectivity index (χ2n) is 5.50. The molecular weight excluding hydrogens is 290 g/mol. The topological polar surface area (TPSA) is 88.2 Å². The molecule has 1 aliphatic rings. The van der Waals surface area contributed by atoms with Crippen molar-refractivity contribution in [3.05, 3.63) is 53.6 Å². The van der Waals surface area contributed by atoms with Crippen LogP contribution in [0, 0.1) is 0 Å². The van der Waals surface area contributed by atoms with Gasteiger partial charge in [0.25, 0.3) is 0 Å². The molecule has 5 heteroatoms. The molecule has 4 N–H and O–H groups in total. The largest absolute Gasteiger partial charge is 0.508 e. The van der Waals surface area contributed by atoms with Crippen molar-refractivity contribution in [2.45, 2.75) is 0 Å². The predicted octanol–water partition coefficient (Wildman–Crippen LogP) is 2.52.